The Morgan fingerprint density at radius 3 is 2.14 bits per heavy atom. The van der Waals surface area contributed by atoms with Crippen molar-refractivity contribution in [3.05, 3.63) is 101 Å². The van der Waals surface area contributed by atoms with Crippen LogP contribution in [0.15, 0.2) is 83.3 Å². The van der Waals surface area contributed by atoms with E-state index in [1.165, 1.54) is 76.6 Å². The molecule has 4 heteroatoms. The number of benzene rings is 4. The first-order chi connectivity index (χ1) is 21.3. The number of aryl methyl sites for hydroxylation is 2. The van der Waals surface area contributed by atoms with Crippen molar-refractivity contribution in [3.63, 3.8) is 0 Å². The van der Waals surface area contributed by atoms with Gasteiger partial charge in [-0.25, -0.2) is 9.55 Å². The van der Waals surface area contributed by atoms with Crippen LogP contribution in [-0.2, 0) is 7.05 Å². The minimum atomic E-state index is 0.326. The zero-order valence-electron chi connectivity index (χ0n) is 27.0. The molecule has 0 N–H and O–H groups in total. The fraction of sp³-hybridized carbons (Fsp3) is 0.350. The van der Waals surface area contributed by atoms with E-state index >= 15 is 0 Å². The van der Waals surface area contributed by atoms with E-state index in [-0.39, 0.29) is 0 Å². The Labute approximate surface area is 261 Å². The Kier molecular flexibility index (Phi) is 7.40. The second-order valence-corrected chi connectivity index (χ2v) is 13.4. The molecule has 0 spiro atoms. The van der Waals surface area contributed by atoms with Crippen LogP contribution >= 0.6 is 0 Å². The van der Waals surface area contributed by atoms with Gasteiger partial charge in [-0.15, -0.1) is 0 Å². The van der Waals surface area contributed by atoms with Crippen molar-refractivity contribution < 1.29 is 8.98 Å². The first kappa shape index (κ1) is 28.6. The van der Waals surface area contributed by atoms with Crippen LogP contribution in [-0.4, -0.2) is 9.55 Å². The topological polar surface area (TPSA) is 34.8 Å². The fourth-order valence-electron chi connectivity index (χ4n) is 7.36. The largest absolute Gasteiger partial charge is 0.440 e. The van der Waals surface area contributed by atoms with E-state index in [0.717, 1.165) is 28.4 Å². The molecule has 4 aromatic carbocycles. The predicted octanol–water partition coefficient (Wildman–Crippen LogP) is 10.5. The molecular weight excluding hydrogens is 538 g/mol. The van der Waals surface area contributed by atoms with Gasteiger partial charge in [0.1, 0.15) is 11.2 Å². The van der Waals surface area contributed by atoms with Crippen LogP contribution in [0.5, 0.6) is 0 Å². The number of fused-ring (bicyclic) bond motifs is 2. The van der Waals surface area contributed by atoms with Crippen molar-refractivity contribution in [2.45, 2.75) is 84.5 Å². The van der Waals surface area contributed by atoms with Crippen LogP contribution in [0.2, 0.25) is 0 Å². The Bertz CT molecular complexity index is 1940. The Hall–Kier alpha value is -4.18. The Balaban J connectivity index is 1.57. The van der Waals surface area contributed by atoms with Gasteiger partial charge in [-0.1, -0.05) is 95.5 Å². The van der Waals surface area contributed by atoms with Gasteiger partial charge in [-0.3, -0.25) is 0 Å². The van der Waals surface area contributed by atoms with E-state index in [1.807, 2.05) is 0 Å². The van der Waals surface area contributed by atoms with Gasteiger partial charge < -0.3 is 4.42 Å². The zero-order valence-corrected chi connectivity index (χ0v) is 27.0. The Morgan fingerprint density at radius 2 is 1.45 bits per heavy atom. The highest BCUT2D eigenvalue weighted by Gasteiger charge is 2.34. The summed E-state index contributed by atoms with van der Waals surface area (Å²) in [4.78, 5) is 5.30. The molecule has 2 aromatic heterocycles. The van der Waals surface area contributed by atoms with Gasteiger partial charge in [0.15, 0.2) is 22.5 Å². The van der Waals surface area contributed by atoms with E-state index in [9.17, 15) is 0 Å². The maximum atomic E-state index is 6.54. The van der Waals surface area contributed by atoms with E-state index in [1.54, 1.807) is 0 Å². The molecule has 0 atom stereocenters. The number of aromatic nitrogens is 3. The molecule has 0 radical (unpaired) electrons. The van der Waals surface area contributed by atoms with Gasteiger partial charge in [0, 0.05) is 17.0 Å². The van der Waals surface area contributed by atoms with Crippen LogP contribution in [0.4, 0.5) is 0 Å². The van der Waals surface area contributed by atoms with E-state index in [4.69, 9.17) is 9.40 Å². The average molecular weight is 583 g/mol. The quantitative estimate of drug-likeness (QED) is 0.183. The monoisotopic (exact) mass is 582 g/mol. The number of nitrogens with zero attached hydrogens (tertiary/aromatic N) is 3. The van der Waals surface area contributed by atoms with E-state index < -0.39 is 0 Å². The molecule has 0 unspecified atom stereocenters. The highest BCUT2D eigenvalue weighted by molar-refractivity contribution is 5.93. The number of hydrogen-bond donors (Lipinski definition) is 0. The average Bonchev–Trinajstić information content (AvgIpc) is 3.60. The van der Waals surface area contributed by atoms with Gasteiger partial charge >= 0.3 is 0 Å². The molecular formula is C40H44N3O+. The molecule has 0 amide bonds. The molecule has 0 saturated heterocycles. The molecule has 4 nitrogen and oxygen atoms in total. The molecule has 1 aliphatic carbocycles. The maximum absolute atomic E-state index is 6.54. The number of rotatable bonds is 6. The number of imidazole rings is 1. The third-order valence-electron chi connectivity index (χ3n) is 9.72. The first-order valence-electron chi connectivity index (χ1n) is 16.5. The predicted molar refractivity (Wildman–Crippen MR) is 182 cm³/mol. The molecule has 6 aromatic rings. The number of hydrogen-bond acceptors (Lipinski definition) is 2. The molecule has 44 heavy (non-hydrogen) atoms. The SMILES string of the molecule is Cc1ccc2oc(C3CCCCC3)nc2c1-c1n(-c2c(C(C)C)cc(-c3ccccc3)cc2C(C)C)c2ccccc2[n+]1C. The summed E-state index contributed by atoms with van der Waals surface area (Å²) < 4.78 is 11.4. The van der Waals surface area contributed by atoms with Gasteiger partial charge in [-0.05, 0) is 78.6 Å². The third kappa shape index (κ3) is 4.76. The molecule has 2 heterocycles. The summed E-state index contributed by atoms with van der Waals surface area (Å²) in [5.74, 6) is 3.12. The standard InChI is InChI=1S/C40H44N3O/c1-25(2)31-23-30(28-15-9-7-10-16-28)24-32(26(3)4)38(31)43-34-20-14-13-19-33(34)42(6)40(43)36-27(5)21-22-35-37(36)41-39(44-35)29-17-11-8-12-18-29/h7,9-10,13-16,19-26,29H,8,11-12,17-18H2,1-6H3/q+1. The molecule has 224 valence electrons. The van der Waals surface area contributed by atoms with Crippen LogP contribution in [0.25, 0.3) is 50.3 Å². The summed E-state index contributed by atoms with van der Waals surface area (Å²) in [6.07, 6.45) is 6.16. The zero-order chi connectivity index (χ0) is 30.5. The minimum absolute atomic E-state index is 0.326. The smallest absolute Gasteiger partial charge is 0.297 e. The highest BCUT2D eigenvalue weighted by Crippen LogP contribution is 2.42. The molecule has 0 bridgehead atoms. The summed E-state index contributed by atoms with van der Waals surface area (Å²) in [7, 11) is 2.21. The molecule has 7 rings (SSSR count). The van der Waals surface area contributed by atoms with Crippen molar-refractivity contribution in [2.24, 2.45) is 7.05 Å². The van der Waals surface area contributed by atoms with Crippen LogP contribution in [0.3, 0.4) is 0 Å². The summed E-state index contributed by atoms with van der Waals surface area (Å²) >= 11 is 0. The van der Waals surface area contributed by atoms with Gasteiger partial charge in [0.25, 0.3) is 5.82 Å². The van der Waals surface area contributed by atoms with Crippen molar-refractivity contribution >= 4 is 22.1 Å². The summed E-state index contributed by atoms with van der Waals surface area (Å²) in [6, 6.07) is 28.8. The van der Waals surface area contributed by atoms with Crippen LogP contribution < -0.4 is 4.57 Å². The number of para-hydroxylation sites is 2. The number of oxazole rings is 1. The van der Waals surface area contributed by atoms with Crippen LogP contribution in [0.1, 0.15) is 100 Å². The summed E-state index contributed by atoms with van der Waals surface area (Å²) in [5.41, 5.74) is 13.1. The fourth-order valence-corrected chi connectivity index (χ4v) is 7.36. The van der Waals surface area contributed by atoms with Crippen LogP contribution in [0, 0.1) is 6.92 Å². The van der Waals surface area contributed by atoms with Crippen molar-refractivity contribution in [1.29, 1.82) is 0 Å². The second kappa shape index (κ2) is 11.4. The summed E-state index contributed by atoms with van der Waals surface area (Å²) in [6.45, 7) is 11.5. The van der Waals surface area contributed by atoms with Crippen molar-refractivity contribution in [1.82, 2.24) is 9.55 Å². The normalized spacial score (nSPS) is 14.5. The lowest BCUT2D eigenvalue weighted by molar-refractivity contribution is -0.633. The van der Waals surface area contributed by atoms with Gasteiger partial charge in [0.2, 0.25) is 0 Å². The lowest BCUT2D eigenvalue weighted by Gasteiger charge is -2.21. The maximum Gasteiger partial charge on any atom is 0.297 e. The Morgan fingerprint density at radius 1 is 0.795 bits per heavy atom. The molecule has 0 aliphatic heterocycles. The lowest BCUT2D eigenvalue weighted by atomic mass is 9.88. The minimum Gasteiger partial charge on any atom is -0.440 e. The molecule has 1 aliphatic rings. The molecule has 1 fully saturated rings. The lowest BCUT2D eigenvalue weighted by Crippen LogP contribution is -2.30. The van der Waals surface area contributed by atoms with Crippen molar-refractivity contribution in [2.75, 3.05) is 0 Å². The highest BCUT2D eigenvalue weighted by atomic mass is 16.3. The second-order valence-electron chi connectivity index (χ2n) is 13.4. The third-order valence-corrected chi connectivity index (χ3v) is 9.72. The van der Waals surface area contributed by atoms with Crippen molar-refractivity contribution in [3.8, 4) is 28.2 Å². The van der Waals surface area contributed by atoms with E-state index in [2.05, 4.69) is 130 Å². The molecule has 1 saturated carbocycles. The van der Waals surface area contributed by atoms with E-state index in [0.29, 0.717) is 17.8 Å². The summed E-state index contributed by atoms with van der Waals surface area (Å²) in [5, 5.41) is 0. The first-order valence-corrected chi connectivity index (χ1v) is 16.5. The van der Waals surface area contributed by atoms with Gasteiger partial charge in [0.05, 0.1) is 12.6 Å². The van der Waals surface area contributed by atoms with Gasteiger partial charge in [-0.2, -0.15) is 4.57 Å².